The molecule has 1 fully saturated rings. The molecule has 2 nitrogen and oxygen atoms in total. The van der Waals surface area contributed by atoms with Gasteiger partial charge in [-0.3, -0.25) is 0 Å². The lowest BCUT2D eigenvalue weighted by molar-refractivity contribution is -0.00333. The van der Waals surface area contributed by atoms with Gasteiger partial charge in [-0.2, -0.15) is 0 Å². The summed E-state index contributed by atoms with van der Waals surface area (Å²) < 4.78 is 0. The molecule has 17 heavy (non-hydrogen) atoms. The van der Waals surface area contributed by atoms with Gasteiger partial charge in [-0.15, -0.1) is 0 Å². The van der Waals surface area contributed by atoms with E-state index in [0.29, 0.717) is 12.5 Å². The van der Waals surface area contributed by atoms with Crippen LogP contribution < -0.4 is 5.73 Å². The molecular formula is C15H23NO. The Labute approximate surface area is 104 Å². The van der Waals surface area contributed by atoms with Gasteiger partial charge >= 0.3 is 0 Å². The summed E-state index contributed by atoms with van der Waals surface area (Å²) >= 11 is 0. The molecule has 0 saturated heterocycles. The Morgan fingerprint density at radius 1 is 1.24 bits per heavy atom. The van der Waals surface area contributed by atoms with Crippen molar-refractivity contribution in [2.24, 2.45) is 11.7 Å². The minimum atomic E-state index is -0.669. The van der Waals surface area contributed by atoms with Crippen LogP contribution in [0.15, 0.2) is 24.3 Å². The highest BCUT2D eigenvalue weighted by atomic mass is 16.3. The van der Waals surface area contributed by atoms with E-state index < -0.39 is 5.60 Å². The summed E-state index contributed by atoms with van der Waals surface area (Å²) in [5, 5.41) is 10.7. The van der Waals surface area contributed by atoms with Crippen LogP contribution in [0.2, 0.25) is 0 Å². The fourth-order valence-corrected chi connectivity index (χ4v) is 2.90. The molecule has 0 amide bonds. The van der Waals surface area contributed by atoms with Crippen LogP contribution in [-0.4, -0.2) is 11.7 Å². The highest BCUT2D eigenvalue weighted by Crippen LogP contribution is 2.40. The Morgan fingerprint density at radius 3 is 2.35 bits per heavy atom. The maximum atomic E-state index is 10.7. The van der Waals surface area contributed by atoms with E-state index >= 15 is 0 Å². The van der Waals surface area contributed by atoms with Crippen molar-refractivity contribution in [1.82, 2.24) is 0 Å². The van der Waals surface area contributed by atoms with Gasteiger partial charge in [0, 0.05) is 0 Å². The van der Waals surface area contributed by atoms with Crippen molar-refractivity contribution in [2.75, 3.05) is 6.54 Å². The molecule has 3 N–H and O–H groups in total. The Kier molecular flexibility index (Phi) is 3.85. The maximum Gasteiger partial charge on any atom is 0.0896 e. The number of benzene rings is 1. The smallest absolute Gasteiger partial charge is 0.0896 e. The quantitative estimate of drug-likeness (QED) is 0.839. The normalized spacial score (nSPS) is 20.4. The second-order valence-corrected chi connectivity index (χ2v) is 5.36. The molecule has 1 aromatic carbocycles. The number of nitrogens with two attached hydrogens (primary N) is 1. The molecule has 0 aliphatic heterocycles. The van der Waals surface area contributed by atoms with Crippen LogP contribution >= 0.6 is 0 Å². The van der Waals surface area contributed by atoms with Crippen molar-refractivity contribution in [3.8, 4) is 0 Å². The van der Waals surface area contributed by atoms with Crippen LogP contribution in [0.25, 0.3) is 0 Å². The van der Waals surface area contributed by atoms with Gasteiger partial charge in [0.15, 0.2) is 0 Å². The maximum absolute atomic E-state index is 10.7. The first-order valence-electron chi connectivity index (χ1n) is 6.66. The molecule has 0 heterocycles. The number of aliphatic hydroxyl groups is 1. The van der Waals surface area contributed by atoms with Gasteiger partial charge in [0.2, 0.25) is 0 Å². The zero-order valence-corrected chi connectivity index (χ0v) is 10.7. The molecule has 1 aromatic rings. The zero-order chi connectivity index (χ0) is 12.3. The van der Waals surface area contributed by atoms with Gasteiger partial charge in [-0.1, -0.05) is 37.1 Å². The van der Waals surface area contributed by atoms with Gasteiger partial charge in [-0.05, 0) is 49.8 Å². The molecule has 2 heteroatoms. The molecule has 1 aliphatic carbocycles. The van der Waals surface area contributed by atoms with Gasteiger partial charge < -0.3 is 10.8 Å². The highest BCUT2D eigenvalue weighted by molar-refractivity contribution is 5.27. The van der Waals surface area contributed by atoms with E-state index in [9.17, 15) is 5.11 Å². The molecule has 0 aromatic heterocycles. The summed E-state index contributed by atoms with van der Waals surface area (Å²) in [6, 6.07) is 8.30. The third kappa shape index (κ3) is 2.70. The standard InChI is InChI=1S/C15H23NO/c1-15(17,13-4-2-3-5-13)14-8-6-12(7-9-14)10-11-16/h6-9,13,17H,2-5,10-11,16H2,1H3. The van der Waals surface area contributed by atoms with Crippen LogP contribution in [0.4, 0.5) is 0 Å². The van der Waals surface area contributed by atoms with E-state index in [1.54, 1.807) is 0 Å². The van der Waals surface area contributed by atoms with Gasteiger partial charge in [0.1, 0.15) is 0 Å². The van der Waals surface area contributed by atoms with E-state index in [-0.39, 0.29) is 0 Å². The van der Waals surface area contributed by atoms with Crippen LogP contribution in [0.3, 0.4) is 0 Å². The summed E-state index contributed by atoms with van der Waals surface area (Å²) in [7, 11) is 0. The minimum Gasteiger partial charge on any atom is -0.385 e. The third-order valence-corrected chi connectivity index (χ3v) is 4.12. The SMILES string of the molecule is CC(O)(c1ccc(CCN)cc1)C1CCCC1. The molecule has 0 bridgehead atoms. The first-order valence-corrected chi connectivity index (χ1v) is 6.66. The molecule has 94 valence electrons. The van der Waals surface area contributed by atoms with E-state index in [0.717, 1.165) is 24.8 Å². The fourth-order valence-electron chi connectivity index (χ4n) is 2.90. The van der Waals surface area contributed by atoms with Crippen LogP contribution in [0.1, 0.15) is 43.7 Å². The van der Waals surface area contributed by atoms with Crippen molar-refractivity contribution in [1.29, 1.82) is 0 Å². The van der Waals surface area contributed by atoms with E-state index in [4.69, 9.17) is 5.73 Å². The zero-order valence-electron chi connectivity index (χ0n) is 10.7. The predicted molar refractivity (Wildman–Crippen MR) is 70.7 cm³/mol. The van der Waals surface area contributed by atoms with Gasteiger partial charge in [0.05, 0.1) is 5.60 Å². The van der Waals surface area contributed by atoms with Crippen LogP contribution in [-0.2, 0) is 12.0 Å². The first kappa shape index (κ1) is 12.6. The topological polar surface area (TPSA) is 46.2 Å². The summed E-state index contributed by atoms with van der Waals surface area (Å²) in [5.41, 5.74) is 7.16. The lowest BCUT2D eigenvalue weighted by Crippen LogP contribution is -2.30. The predicted octanol–water partition coefficient (Wildman–Crippen LogP) is 2.59. The Bertz CT molecular complexity index is 350. The van der Waals surface area contributed by atoms with Gasteiger partial charge in [0.25, 0.3) is 0 Å². The summed E-state index contributed by atoms with van der Waals surface area (Å²) in [6.07, 6.45) is 5.72. The number of hydrogen-bond donors (Lipinski definition) is 2. The Balaban J connectivity index is 2.14. The van der Waals surface area contributed by atoms with Crippen molar-refractivity contribution in [3.63, 3.8) is 0 Å². The van der Waals surface area contributed by atoms with E-state index in [1.165, 1.54) is 18.4 Å². The molecule has 0 spiro atoms. The van der Waals surface area contributed by atoms with Crippen molar-refractivity contribution in [2.45, 2.75) is 44.6 Å². The molecule has 0 radical (unpaired) electrons. The van der Waals surface area contributed by atoms with E-state index in [2.05, 4.69) is 24.3 Å². The van der Waals surface area contributed by atoms with Crippen molar-refractivity contribution < 1.29 is 5.11 Å². The fraction of sp³-hybridized carbons (Fsp3) is 0.600. The molecular weight excluding hydrogens is 210 g/mol. The van der Waals surface area contributed by atoms with Crippen molar-refractivity contribution in [3.05, 3.63) is 35.4 Å². The Morgan fingerprint density at radius 2 is 1.82 bits per heavy atom. The first-order chi connectivity index (χ1) is 8.14. The van der Waals surface area contributed by atoms with Gasteiger partial charge in [-0.25, -0.2) is 0 Å². The van der Waals surface area contributed by atoms with Crippen molar-refractivity contribution >= 4 is 0 Å². The second-order valence-electron chi connectivity index (χ2n) is 5.36. The average molecular weight is 233 g/mol. The highest BCUT2D eigenvalue weighted by Gasteiger charge is 2.35. The molecule has 1 atom stereocenters. The third-order valence-electron chi connectivity index (χ3n) is 4.12. The second kappa shape index (κ2) is 5.19. The summed E-state index contributed by atoms with van der Waals surface area (Å²) in [6.45, 7) is 2.64. The van der Waals surface area contributed by atoms with Crippen LogP contribution in [0, 0.1) is 5.92 Å². The lowest BCUT2D eigenvalue weighted by Gasteiger charge is -2.30. The molecule has 2 rings (SSSR count). The summed E-state index contributed by atoms with van der Waals surface area (Å²) in [5.74, 6) is 0.419. The summed E-state index contributed by atoms with van der Waals surface area (Å²) in [4.78, 5) is 0. The van der Waals surface area contributed by atoms with E-state index in [1.807, 2.05) is 6.92 Å². The van der Waals surface area contributed by atoms with Crippen LogP contribution in [0.5, 0.6) is 0 Å². The monoisotopic (exact) mass is 233 g/mol. The molecule has 1 saturated carbocycles. The Hall–Kier alpha value is -0.860. The molecule has 1 unspecified atom stereocenters. The number of hydrogen-bond acceptors (Lipinski definition) is 2. The average Bonchev–Trinajstić information content (AvgIpc) is 2.84. The lowest BCUT2D eigenvalue weighted by atomic mass is 9.81. The minimum absolute atomic E-state index is 0.419. The molecule has 1 aliphatic rings. The largest absolute Gasteiger partial charge is 0.385 e. The number of rotatable bonds is 4.